The summed E-state index contributed by atoms with van der Waals surface area (Å²) >= 11 is 0. The molecule has 105 heavy (non-hydrogen) atoms. The van der Waals surface area contributed by atoms with Crippen LogP contribution in [0.15, 0.2) is 158 Å². The molecule has 0 aromatic rings. The Morgan fingerprint density at radius 1 is 0.276 bits per heavy atom. The van der Waals surface area contributed by atoms with Crippen molar-refractivity contribution in [3.8, 4) is 0 Å². The molecule has 600 valence electrons. The molecule has 0 radical (unpaired) electrons. The third kappa shape index (κ3) is 80.0. The summed E-state index contributed by atoms with van der Waals surface area (Å²) in [6.45, 7) is 2.38. The van der Waals surface area contributed by atoms with Crippen LogP contribution in [0.5, 0.6) is 0 Å². The van der Waals surface area contributed by atoms with Crippen LogP contribution in [0.25, 0.3) is 0 Å². The van der Waals surface area contributed by atoms with E-state index in [1.165, 1.54) is 103 Å². The molecule has 0 fully saturated rings. The summed E-state index contributed by atoms with van der Waals surface area (Å²) in [6.07, 6.45) is 98.7. The van der Waals surface area contributed by atoms with Gasteiger partial charge in [0.25, 0.3) is 0 Å². The third-order valence-electron chi connectivity index (χ3n) is 16.7. The summed E-state index contributed by atoms with van der Waals surface area (Å²) in [5, 5.41) is 20.7. The lowest BCUT2D eigenvalue weighted by Crippen LogP contribution is -2.30. The van der Waals surface area contributed by atoms with Crippen molar-refractivity contribution < 1.29 is 75.8 Å². The van der Waals surface area contributed by atoms with Crippen molar-refractivity contribution in [2.24, 2.45) is 0 Å². The zero-order chi connectivity index (χ0) is 76.6. The Balaban J connectivity index is 4.54. The van der Waals surface area contributed by atoms with Gasteiger partial charge in [-0.05, 0) is 148 Å². The number of hydrogen-bond acceptors (Lipinski definition) is 14. The van der Waals surface area contributed by atoms with Gasteiger partial charge in [0.1, 0.15) is 25.4 Å². The molecule has 0 heterocycles. The SMILES string of the molecule is CC/C=C\C/C=C\C/C=C\C/C=C\C/C=C\C/C=C\CCCCCCC(=O)OCC(COP(=O)(O)OCC(O)COP(=O)(O)OCC(O)COC(=O)CCCCCCCCCCCCCCCCC/C=C\C/C=C\C/C=C\C/C=C\CCCCC)OC(=O)CCCCCCC/C=C\C/C=C\C/C=C\CC. The highest BCUT2D eigenvalue weighted by atomic mass is 31.2. The highest BCUT2D eigenvalue weighted by molar-refractivity contribution is 7.47. The molecule has 0 spiro atoms. The van der Waals surface area contributed by atoms with E-state index in [1.807, 2.05) is 0 Å². The molecule has 0 rings (SSSR count). The fraction of sp³-hybridized carbons (Fsp3) is 0.667. The number of unbranched alkanes of at least 4 members (excludes halogenated alkanes) is 27. The Labute approximate surface area is 638 Å². The van der Waals surface area contributed by atoms with E-state index in [0.29, 0.717) is 19.3 Å². The summed E-state index contributed by atoms with van der Waals surface area (Å²) in [7, 11) is -9.81. The molecule has 0 bridgehead atoms. The second-order valence-electron chi connectivity index (χ2n) is 26.8. The van der Waals surface area contributed by atoms with Crippen LogP contribution in [0.1, 0.15) is 316 Å². The molecule has 16 nitrogen and oxygen atoms in total. The summed E-state index contributed by atoms with van der Waals surface area (Å²) in [6, 6.07) is 0. The number of allylic oxidation sites excluding steroid dienone is 26. The van der Waals surface area contributed by atoms with Crippen molar-refractivity contribution >= 4 is 33.6 Å². The largest absolute Gasteiger partial charge is 0.472 e. The molecule has 0 amide bonds. The Morgan fingerprint density at radius 3 is 0.800 bits per heavy atom. The van der Waals surface area contributed by atoms with Crippen LogP contribution < -0.4 is 0 Å². The highest BCUT2D eigenvalue weighted by Gasteiger charge is 2.29. The maximum absolute atomic E-state index is 13.0. The molecular formula is C87H146O16P2. The number of esters is 3. The minimum Gasteiger partial charge on any atom is -0.463 e. The van der Waals surface area contributed by atoms with E-state index in [4.69, 9.17) is 32.3 Å². The zero-order valence-electron chi connectivity index (χ0n) is 65.6. The second kappa shape index (κ2) is 78.7. The van der Waals surface area contributed by atoms with Crippen molar-refractivity contribution in [2.45, 2.75) is 334 Å². The second-order valence-corrected chi connectivity index (χ2v) is 29.7. The van der Waals surface area contributed by atoms with Crippen LogP contribution >= 0.6 is 15.6 Å². The summed E-state index contributed by atoms with van der Waals surface area (Å²) in [5.41, 5.74) is 0. The lowest BCUT2D eigenvalue weighted by molar-refractivity contribution is -0.161. The smallest absolute Gasteiger partial charge is 0.463 e. The molecule has 0 saturated carbocycles. The van der Waals surface area contributed by atoms with Gasteiger partial charge in [-0.1, -0.05) is 307 Å². The van der Waals surface area contributed by atoms with Crippen LogP contribution in [0.4, 0.5) is 0 Å². The van der Waals surface area contributed by atoms with Crippen LogP contribution in [-0.2, 0) is 55.8 Å². The quantitative estimate of drug-likeness (QED) is 0.0146. The predicted molar refractivity (Wildman–Crippen MR) is 435 cm³/mol. The molecule has 18 heteroatoms. The number of hydrogen-bond donors (Lipinski definition) is 4. The molecule has 5 atom stereocenters. The summed E-state index contributed by atoms with van der Waals surface area (Å²) in [5.74, 6) is -1.63. The molecule has 0 aliphatic heterocycles. The summed E-state index contributed by atoms with van der Waals surface area (Å²) < 4.78 is 61.1. The number of aliphatic hydroxyl groups excluding tert-OH is 2. The van der Waals surface area contributed by atoms with Crippen LogP contribution in [0.2, 0.25) is 0 Å². The number of phosphoric ester groups is 2. The van der Waals surface area contributed by atoms with Gasteiger partial charge in [-0.3, -0.25) is 32.5 Å². The van der Waals surface area contributed by atoms with Crippen molar-refractivity contribution in [1.29, 1.82) is 0 Å². The lowest BCUT2D eigenvalue weighted by atomic mass is 10.0. The van der Waals surface area contributed by atoms with Crippen LogP contribution in [-0.4, -0.2) is 95.9 Å². The van der Waals surface area contributed by atoms with E-state index >= 15 is 0 Å². The van der Waals surface area contributed by atoms with Crippen LogP contribution in [0, 0.1) is 0 Å². The Hall–Kier alpha value is -4.83. The Kier molecular flexibility index (Phi) is 75.1. The van der Waals surface area contributed by atoms with E-state index in [2.05, 4.69) is 179 Å². The Morgan fingerprint density at radius 2 is 0.505 bits per heavy atom. The van der Waals surface area contributed by atoms with E-state index in [-0.39, 0.29) is 19.3 Å². The molecule has 4 N–H and O–H groups in total. The number of ether oxygens (including phenoxy) is 3. The lowest BCUT2D eigenvalue weighted by Gasteiger charge is -2.21. The minimum absolute atomic E-state index is 0.0739. The normalized spacial score (nSPS) is 14.8. The van der Waals surface area contributed by atoms with Gasteiger partial charge in [0.05, 0.1) is 26.4 Å². The summed E-state index contributed by atoms with van der Waals surface area (Å²) in [4.78, 5) is 58.7. The van der Waals surface area contributed by atoms with E-state index in [1.54, 1.807) is 0 Å². The minimum atomic E-state index is -4.95. The average Bonchev–Trinajstić information content (AvgIpc) is 0.920. The van der Waals surface area contributed by atoms with Gasteiger partial charge >= 0.3 is 33.6 Å². The number of carbonyl (C=O) groups excluding carboxylic acids is 3. The first-order valence-corrected chi connectivity index (χ1v) is 43.8. The maximum Gasteiger partial charge on any atom is 0.472 e. The van der Waals surface area contributed by atoms with Gasteiger partial charge in [-0.15, -0.1) is 0 Å². The van der Waals surface area contributed by atoms with Gasteiger partial charge in [0.2, 0.25) is 0 Å². The van der Waals surface area contributed by atoms with E-state index in [0.717, 1.165) is 154 Å². The topological polar surface area (TPSA) is 231 Å². The molecule has 0 aliphatic rings. The number of aliphatic hydroxyl groups is 2. The van der Waals surface area contributed by atoms with Gasteiger partial charge in [-0.25, -0.2) is 9.13 Å². The van der Waals surface area contributed by atoms with Crippen molar-refractivity contribution in [2.75, 3.05) is 39.6 Å². The number of carbonyl (C=O) groups is 3. The molecule has 0 aromatic heterocycles. The average molecular weight is 1510 g/mol. The van der Waals surface area contributed by atoms with Gasteiger partial charge in [0, 0.05) is 19.3 Å². The number of phosphoric acid groups is 2. The van der Waals surface area contributed by atoms with Gasteiger partial charge in [-0.2, -0.15) is 0 Å². The molecule has 0 aliphatic carbocycles. The first-order valence-electron chi connectivity index (χ1n) is 40.8. The standard InChI is InChI=1S/C87H146O16P2/c1-4-7-10-13-16-19-22-25-28-30-32-34-36-37-38-39-40-41-42-43-45-47-48-50-53-55-58-61-64-67-70-73-85(90)97-76-82(88)77-99-104(93,94)100-78-83(89)79-101-105(95,96)102-81-84(103-87(92)75-72-69-66-63-60-57-52-27-24-21-18-15-12-9-6-3)80-98-86(91)74-71-68-65-62-59-56-54-51-49-46-44-35-33-31-29-26-23-20-17-14-11-8-5-2/h8-9,11-12,16-21,25-29,32-35,37-38,46,49,52,54,56,82-84,88-89H,4-7,10,13-15,22-24,30-31,36,39-45,47-48,50-51,53,55,57-81H2,1-3H3,(H,93,94)(H,95,96)/b11-8-,12-9-,19-16-,20-17-,21-18-,28-25-,29-26-,34-32-,35-33-,38-37-,49-46-,52-27-,56-54-. The van der Waals surface area contributed by atoms with Crippen molar-refractivity contribution in [3.63, 3.8) is 0 Å². The first-order chi connectivity index (χ1) is 51.2. The molecular weight excluding hydrogens is 1360 g/mol. The maximum atomic E-state index is 13.0. The third-order valence-corrected chi connectivity index (χ3v) is 18.6. The van der Waals surface area contributed by atoms with Crippen molar-refractivity contribution in [3.05, 3.63) is 158 Å². The first kappa shape index (κ1) is 100. The fourth-order valence-electron chi connectivity index (χ4n) is 10.6. The molecule has 5 unspecified atom stereocenters. The highest BCUT2D eigenvalue weighted by Crippen LogP contribution is 2.45. The Bertz CT molecular complexity index is 2540. The zero-order valence-corrected chi connectivity index (χ0v) is 67.4. The van der Waals surface area contributed by atoms with Gasteiger partial charge in [0.15, 0.2) is 6.10 Å². The predicted octanol–water partition coefficient (Wildman–Crippen LogP) is 24.2. The molecule has 0 saturated heterocycles. The van der Waals surface area contributed by atoms with Gasteiger partial charge < -0.3 is 34.2 Å². The van der Waals surface area contributed by atoms with Crippen molar-refractivity contribution in [1.82, 2.24) is 0 Å². The van der Waals surface area contributed by atoms with E-state index in [9.17, 15) is 43.5 Å². The molecule has 0 aromatic carbocycles. The van der Waals surface area contributed by atoms with Crippen LogP contribution in [0.3, 0.4) is 0 Å². The van der Waals surface area contributed by atoms with E-state index < -0.39 is 91.5 Å². The monoisotopic (exact) mass is 1510 g/mol. The number of rotatable bonds is 76. The fourth-order valence-corrected chi connectivity index (χ4v) is 12.2.